The van der Waals surface area contributed by atoms with Gasteiger partial charge in [0, 0.05) is 0 Å². The monoisotopic (exact) mass is 586 g/mol. The van der Waals surface area contributed by atoms with Crippen molar-refractivity contribution in [2.24, 2.45) is 0 Å². The summed E-state index contributed by atoms with van der Waals surface area (Å²) in [5.41, 5.74) is 15.2. The molecule has 1 heteroatoms. The smallest absolute Gasteiger partial charge is 0.0961 e. The van der Waals surface area contributed by atoms with Gasteiger partial charge in [0.05, 0.1) is 5.41 Å². The maximum atomic E-state index is 6.13. The normalized spacial score (nSPS) is 15.5. The Balaban J connectivity index is 0.000000329. The Labute approximate surface area is 274 Å². The fourth-order valence-electron chi connectivity index (χ4n) is 6.73. The van der Waals surface area contributed by atoms with Gasteiger partial charge in [0.25, 0.3) is 0 Å². The van der Waals surface area contributed by atoms with Crippen molar-refractivity contribution in [2.45, 2.75) is 66.7 Å². The minimum absolute atomic E-state index is 0.293. The van der Waals surface area contributed by atoms with E-state index in [0.29, 0.717) is 0 Å². The Bertz CT molecular complexity index is 1770. The first kappa shape index (κ1) is 33.5. The summed E-state index contributed by atoms with van der Waals surface area (Å²) in [6, 6.07) is 41.5. The largest absolute Gasteiger partial charge is 0.113 e. The summed E-state index contributed by atoms with van der Waals surface area (Å²) in [5, 5.41) is 0. The number of hydrogen-bond acceptors (Lipinski definition) is 0. The van der Waals surface area contributed by atoms with Gasteiger partial charge in [-0.25, -0.2) is 0 Å². The molecule has 2 aliphatic carbocycles. The predicted molar refractivity (Wildman–Crippen MR) is 199 cm³/mol. The summed E-state index contributed by atoms with van der Waals surface area (Å²) in [6.45, 7) is 14.4. The third kappa shape index (κ3) is 6.84. The lowest BCUT2D eigenvalue weighted by Crippen LogP contribution is -2.30. The van der Waals surface area contributed by atoms with Gasteiger partial charge < -0.3 is 0 Å². The van der Waals surface area contributed by atoms with Crippen LogP contribution in [0.5, 0.6) is 0 Å². The highest BCUT2D eigenvalue weighted by Gasteiger charge is 2.47. The van der Waals surface area contributed by atoms with Gasteiger partial charge in [-0.1, -0.05) is 177 Å². The van der Waals surface area contributed by atoms with E-state index in [0.717, 1.165) is 23.9 Å². The minimum atomic E-state index is -0.293. The third-order valence-electron chi connectivity index (χ3n) is 8.46. The average molecular weight is 587 g/mol. The predicted octanol–water partition coefficient (Wildman–Crippen LogP) is 11.4. The Hall–Kier alpha value is -4.36. The highest BCUT2D eigenvalue weighted by Crippen LogP contribution is 2.58. The van der Waals surface area contributed by atoms with E-state index in [1.165, 1.54) is 55.6 Å². The quantitative estimate of drug-likeness (QED) is 0.185. The second kappa shape index (κ2) is 15.6. The highest BCUT2D eigenvalue weighted by molar-refractivity contribution is 6.32. The Morgan fingerprint density at radius 1 is 0.600 bits per heavy atom. The molecule has 0 N–H and O–H groups in total. The molecule has 0 saturated heterocycles. The zero-order valence-electron chi connectivity index (χ0n) is 28.2. The lowest BCUT2D eigenvalue weighted by atomic mass is 9.65. The van der Waals surface area contributed by atoms with Crippen molar-refractivity contribution in [1.82, 2.24) is 0 Å². The van der Waals surface area contributed by atoms with Crippen LogP contribution in [0.4, 0.5) is 0 Å². The summed E-state index contributed by atoms with van der Waals surface area (Å²) in [5.74, 6) is 0. The number of allylic oxidation sites excluding steroid dienone is 4. The maximum absolute atomic E-state index is 6.13. The summed E-state index contributed by atoms with van der Waals surface area (Å²) in [4.78, 5) is 0. The van der Waals surface area contributed by atoms with Crippen molar-refractivity contribution in [1.29, 1.82) is 0 Å². The van der Waals surface area contributed by atoms with Crippen molar-refractivity contribution in [3.63, 3.8) is 0 Å². The molecule has 45 heavy (non-hydrogen) atoms. The molecule has 0 amide bonds. The summed E-state index contributed by atoms with van der Waals surface area (Å²) >= 11 is 0. The van der Waals surface area contributed by atoms with E-state index in [1.54, 1.807) is 0 Å². The van der Waals surface area contributed by atoms with Crippen molar-refractivity contribution in [2.75, 3.05) is 0 Å². The van der Waals surface area contributed by atoms with Crippen LogP contribution in [-0.4, -0.2) is 7.85 Å². The van der Waals surface area contributed by atoms with Gasteiger partial charge in [-0.2, -0.15) is 0 Å². The van der Waals surface area contributed by atoms with Crippen molar-refractivity contribution in [3.8, 4) is 22.3 Å². The second-order valence-electron chi connectivity index (χ2n) is 11.3. The Kier molecular flexibility index (Phi) is 11.6. The first-order valence-corrected chi connectivity index (χ1v) is 16.5. The number of benzene rings is 5. The van der Waals surface area contributed by atoms with Crippen LogP contribution in [0.3, 0.4) is 0 Å². The van der Waals surface area contributed by atoms with Crippen LogP contribution in [0, 0.1) is 20.8 Å². The minimum Gasteiger partial charge on any atom is -0.0961 e. The molecule has 0 saturated carbocycles. The Morgan fingerprint density at radius 2 is 1.22 bits per heavy atom. The molecule has 0 nitrogen and oxygen atoms in total. The van der Waals surface area contributed by atoms with E-state index in [1.807, 2.05) is 39.8 Å². The number of aryl methyl sites for hydroxylation is 3. The van der Waals surface area contributed by atoms with Crippen LogP contribution in [0.1, 0.15) is 73.9 Å². The lowest BCUT2D eigenvalue weighted by Gasteiger charge is -2.37. The molecule has 1 atom stereocenters. The highest BCUT2D eigenvalue weighted by atomic mass is 14.5. The first-order valence-electron chi connectivity index (χ1n) is 16.5. The van der Waals surface area contributed by atoms with Gasteiger partial charge in [-0.3, -0.25) is 0 Å². The molecule has 0 heterocycles. The standard InChI is InChI=1S/C32H25B.C8H10.2C2H6/c1-22-10-7-19-30-31(22)28-17-5-6-18-29(28)32(30,25-13-3-2-4-14-25)26-15-8-11-23(20-26)24-12-9-16-27(33)21-24;1-7-4-3-5-8(2)6-7;2*1-2/h2-3,5-13,15-21H,4,14H2,1H3;3-6H,1-2H3;2*1-2H3. The Morgan fingerprint density at radius 3 is 1.87 bits per heavy atom. The molecular weight excluding hydrogens is 539 g/mol. The molecule has 0 spiro atoms. The zero-order valence-corrected chi connectivity index (χ0v) is 28.2. The molecule has 0 aliphatic heterocycles. The molecule has 2 radical (unpaired) electrons. The molecule has 0 bridgehead atoms. The fraction of sp³-hybridized carbons (Fsp3) is 0.227. The third-order valence-corrected chi connectivity index (χ3v) is 8.46. The van der Waals surface area contributed by atoms with Gasteiger partial charge in [0.15, 0.2) is 0 Å². The average Bonchev–Trinajstić information content (AvgIpc) is 3.39. The second-order valence-corrected chi connectivity index (χ2v) is 11.3. The SMILES string of the molecule is CC.CC.Cc1cccc(C)c1.[B]c1cccc(-c2cccc(C3(C4=CC=CCC4)c4ccccc4-c4c(C)cccc43)c2)c1. The van der Waals surface area contributed by atoms with Crippen LogP contribution < -0.4 is 5.46 Å². The van der Waals surface area contributed by atoms with E-state index in [-0.39, 0.29) is 5.41 Å². The molecule has 5 aromatic carbocycles. The number of hydrogen-bond donors (Lipinski definition) is 0. The molecule has 0 aromatic heterocycles. The first-order chi connectivity index (χ1) is 22.0. The summed E-state index contributed by atoms with van der Waals surface area (Å²) in [7, 11) is 6.13. The molecule has 0 fully saturated rings. The van der Waals surface area contributed by atoms with E-state index < -0.39 is 0 Å². The summed E-state index contributed by atoms with van der Waals surface area (Å²) in [6.07, 6.45) is 8.99. The van der Waals surface area contributed by atoms with Gasteiger partial charge in [0.2, 0.25) is 0 Å². The van der Waals surface area contributed by atoms with Crippen molar-refractivity contribution < 1.29 is 0 Å². The maximum Gasteiger partial charge on any atom is 0.113 e. The summed E-state index contributed by atoms with van der Waals surface area (Å²) < 4.78 is 0. The van der Waals surface area contributed by atoms with E-state index in [4.69, 9.17) is 7.85 Å². The van der Waals surface area contributed by atoms with Crippen LogP contribution in [-0.2, 0) is 5.41 Å². The van der Waals surface area contributed by atoms with Crippen molar-refractivity contribution in [3.05, 3.63) is 172 Å². The number of fused-ring (bicyclic) bond motifs is 3. The molecule has 7 rings (SSSR count). The molecule has 226 valence electrons. The van der Waals surface area contributed by atoms with Crippen molar-refractivity contribution >= 4 is 13.3 Å². The lowest BCUT2D eigenvalue weighted by molar-refractivity contribution is 0.693. The van der Waals surface area contributed by atoms with E-state index >= 15 is 0 Å². The van der Waals surface area contributed by atoms with Crippen LogP contribution in [0.15, 0.2) is 139 Å². The molecular formula is C44H47B. The molecule has 2 aliphatic rings. The van der Waals surface area contributed by atoms with Gasteiger partial charge >= 0.3 is 0 Å². The molecule has 5 aromatic rings. The van der Waals surface area contributed by atoms with Gasteiger partial charge in [-0.05, 0) is 84.2 Å². The molecule has 1 unspecified atom stereocenters. The topological polar surface area (TPSA) is 0 Å². The van der Waals surface area contributed by atoms with Crippen LogP contribution in [0.2, 0.25) is 0 Å². The van der Waals surface area contributed by atoms with Crippen LogP contribution in [0.25, 0.3) is 22.3 Å². The van der Waals surface area contributed by atoms with Gasteiger partial charge in [0.1, 0.15) is 7.85 Å². The van der Waals surface area contributed by atoms with Gasteiger partial charge in [-0.15, -0.1) is 0 Å². The number of rotatable bonds is 3. The zero-order chi connectivity index (χ0) is 32.4. The van der Waals surface area contributed by atoms with E-state index in [9.17, 15) is 0 Å². The van der Waals surface area contributed by atoms with E-state index in [2.05, 4.69) is 142 Å². The fourth-order valence-corrected chi connectivity index (χ4v) is 6.73. The van der Waals surface area contributed by atoms with Crippen LogP contribution >= 0.6 is 0 Å².